The molecule has 0 saturated carbocycles. The van der Waals surface area contributed by atoms with Gasteiger partial charge in [0.2, 0.25) is 0 Å². The normalized spacial score (nSPS) is 21.1. The summed E-state index contributed by atoms with van der Waals surface area (Å²) in [6.45, 7) is 2.93. The van der Waals surface area contributed by atoms with E-state index in [0.717, 1.165) is 25.4 Å². The van der Waals surface area contributed by atoms with Gasteiger partial charge < -0.3 is 10.1 Å². The summed E-state index contributed by atoms with van der Waals surface area (Å²) in [7, 11) is 0. The van der Waals surface area contributed by atoms with Crippen molar-refractivity contribution in [2.24, 2.45) is 0 Å². The first-order valence-corrected chi connectivity index (χ1v) is 7.09. The topological polar surface area (TPSA) is 34.2 Å². The predicted octanol–water partition coefficient (Wildman–Crippen LogP) is 2.58. The zero-order valence-electron chi connectivity index (χ0n) is 9.65. The molecule has 1 unspecified atom stereocenters. The predicted molar refractivity (Wildman–Crippen MR) is 66.6 cm³/mol. The lowest BCUT2D eigenvalue weighted by atomic mass is 10.0. The Morgan fingerprint density at radius 2 is 2.50 bits per heavy atom. The second kappa shape index (κ2) is 6.99. The van der Waals surface area contributed by atoms with Crippen LogP contribution >= 0.6 is 11.3 Å². The number of hydrogen-bond donors (Lipinski definition) is 1. The first-order chi connectivity index (χ1) is 7.95. The molecule has 0 bridgehead atoms. The zero-order chi connectivity index (χ0) is 11.1. The average molecular weight is 240 g/mol. The lowest BCUT2D eigenvalue weighted by molar-refractivity contribution is 0.0102. The van der Waals surface area contributed by atoms with Crippen LogP contribution in [0.25, 0.3) is 0 Å². The second-order valence-corrected chi connectivity index (χ2v) is 5.01. The standard InChI is InChI=1S/C12H20N2OS/c1-2-7-15-12(4-1)5-3-6-13-8-11-9-16-10-14-11/h9-10,12-13H,1-8H2. The van der Waals surface area contributed by atoms with Gasteiger partial charge in [0.25, 0.3) is 0 Å². The molecule has 1 aliphatic rings. The summed E-state index contributed by atoms with van der Waals surface area (Å²) in [6, 6.07) is 0. The molecule has 0 spiro atoms. The van der Waals surface area contributed by atoms with Crippen LogP contribution in [0, 0.1) is 0 Å². The van der Waals surface area contributed by atoms with Crippen molar-refractivity contribution < 1.29 is 4.74 Å². The third-order valence-electron chi connectivity index (χ3n) is 2.94. The highest BCUT2D eigenvalue weighted by molar-refractivity contribution is 7.07. The maximum atomic E-state index is 5.69. The zero-order valence-corrected chi connectivity index (χ0v) is 10.5. The van der Waals surface area contributed by atoms with Crippen molar-refractivity contribution in [3.63, 3.8) is 0 Å². The maximum absolute atomic E-state index is 5.69. The van der Waals surface area contributed by atoms with E-state index in [4.69, 9.17) is 4.74 Å². The molecule has 1 atom stereocenters. The van der Waals surface area contributed by atoms with E-state index in [1.807, 2.05) is 5.51 Å². The van der Waals surface area contributed by atoms with E-state index in [-0.39, 0.29) is 0 Å². The molecule has 0 aromatic carbocycles. The van der Waals surface area contributed by atoms with Crippen LogP contribution in [-0.2, 0) is 11.3 Å². The smallest absolute Gasteiger partial charge is 0.0795 e. The number of thiazole rings is 1. The monoisotopic (exact) mass is 240 g/mol. The van der Waals surface area contributed by atoms with Gasteiger partial charge in [0.15, 0.2) is 0 Å². The van der Waals surface area contributed by atoms with Gasteiger partial charge in [-0.25, -0.2) is 4.98 Å². The molecule has 1 aliphatic heterocycles. The lowest BCUT2D eigenvalue weighted by Gasteiger charge is -2.22. The SMILES string of the molecule is c1nc(CNCCCC2CCCCO2)cs1. The molecule has 1 aromatic heterocycles. The van der Waals surface area contributed by atoms with Crippen LogP contribution in [0.3, 0.4) is 0 Å². The fraction of sp³-hybridized carbons (Fsp3) is 0.750. The van der Waals surface area contributed by atoms with Crippen molar-refractivity contribution in [3.05, 3.63) is 16.6 Å². The molecule has 1 saturated heterocycles. The van der Waals surface area contributed by atoms with E-state index < -0.39 is 0 Å². The van der Waals surface area contributed by atoms with Gasteiger partial charge in [-0.1, -0.05) is 0 Å². The van der Waals surface area contributed by atoms with Gasteiger partial charge in [0.05, 0.1) is 17.3 Å². The van der Waals surface area contributed by atoms with Crippen LogP contribution in [0.2, 0.25) is 0 Å². The molecule has 4 heteroatoms. The summed E-state index contributed by atoms with van der Waals surface area (Å²) < 4.78 is 5.69. The fourth-order valence-electron chi connectivity index (χ4n) is 2.03. The summed E-state index contributed by atoms with van der Waals surface area (Å²) in [5.41, 5.74) is 3.03. The van der Waals surface area contributed by atoms with E-state index in [1.165, 1.54) is 32.1 Å². The fourth-order valence-corrected chi connectivity index (χ4v) is 2.59. The van der Waals surface area contributed by atoms with Crippen molar-refractivity contribution in [2.75, 3.05) is 13.2 Å². The number of ether oxygens (including phenoxy) is 1. The van der Waals surface area contributed by atoms with Gasteiger partial charge in [0.1, 0.15) is 0 Å². The minimum Gasteiger partial charge on any atom is -0.378 e. The Bertz CT molecular complexity index is 271. The van der Waals surface area contributed by atoms with Crippen molar-refractivity contribution in [1.29, 1.82) is 0 Å². The number of nitrogens with zero attached hydrogens (tertiary/aromatic N) is 1. The third kappa shape index (κ3) is 4.20. The minimum atomic E-state index is 0.523. The molecule has 0 radical (unpaired) electrons. The van der Waals surface area contributed by atoms with E-state index in [1.54, 1.807) is 11.3 Å². The summed E-state index contributed by atoms with van der Waals surface area (Å²) in [5.74, 6) is 0. The van der Waals surface area contributed by atoms with Crippen LogP contribution < -0.4 is 5.32 Å². The number of aromatic nitrogens is 1. The van der Waals surface area contributed by atoms with Gasteiger partial charge in [-0.3, -0.25) is 0 Å². The van der Waals surface area contributed by atoms with Crippen molar-refractivity contribution >= 4 is 11.3 Å². The quantitative estimate of drug-likeness (QED) is 0.776. The number of rotatable bonds is 6. The van der Waals surface area contributed by atoms with Crippen LogP contribution in [-0.4, -0.2) is 24.2 Å². The highest BCUT2D eigenvalue weighted by Gasteiger charge is 2.12. The third-order valence-corrected chi connectivity index (χ3v) is 3.58. The minimum absolute atomic E-state index is 0.523. The molecular weight excluding hydrogens is 220 g/mol. The Kier molecular flexibility index (Phi) is 5.25. The molecule has 2 heterocycles. The van der Waals surface area contributed by atoms with Gasteiger partial charge in [-0.05, 0) is 38.6 Å². The first-order valence-electron chi connectivity index (χ1n) is 6.14. The molecule has 1 N–H and O–H groups in total. The summed E-state index contributed by atoms with van der Waals surface area (Å²) in [4.78, 5) is 4.24. The van der Waals surface area contributed by atoms with E-state index in [9.17, 15) is 0 Å². The second-order valence-electron chi connectivity index (χ2n) is 4.29. The lowest BCUT2D eigenvalue weighted by Crippen LogP contribution is -2.21. The van der Waals surface area contributed by atoms with Gasteiger partial charge in [-0.15, -0.1) is 11.3 Å². The summed E-state index contributed by atoms with van der Waals surface area (Å²) in [6.07, 6.45) is 6.77. The van der Waals surface area contributed by atoms with Crippen molar-refractivity contribution in [2.45, 2.75) is 44.8 Å². The van der Waals surface area contributed by atoms with Gasteiger partial charge in [0, 0.05) is 18.5 Å². The van der Waals surface area contributed by atoms with E-state index >= 15 is 0 Å². The Morgan fingerprint density at radius 1 is 1.50 bits per heavy atom. The molecule has 0 amide bonds. The number of nitrogens with one attached hydrogen (secondary N) is 1. The van der Waals surface area contributed by atoms with Gasteiger partial charge in [-0.2, -0.15) is 0 Å². The molecule has 2 rings (SSSR count). The van der Waals surface area contributed by atoms with Crippen molar-refractivity contribution in [3.8, 4) is 0 Å². The van der Waals surface area contributed by atoms with Gasteiger partial charge >= 0.3 is 0 Å². The molecule has 1 aromatic rings. The summed E-state index contributed by atoms with van der Waals surface area (Å²) in [5, 5.41) is 5.51. The van der Waals surface area contributed by atoms with Crippen LogP contribution in [0.5, 0.6) is 0 Å². The first kappa shape index (κ1) is 12.0. The maximum Gasteiger partial charge on any atom is 0.0795 e. The van der Waals surface area contributed by atoms with Crippen molar-refractivity contribution in [1.82, 2.24) is 10.3 Å². The Morgan fingerprint density at radius 3 is 3.25 bits per heavy atom. The van der Waals surface area contributed by atoms with E-state index in [2.05, 4.69) is 15.7 Å². The Balaban J connectivity index is 1.48. The largest absolute Gasteiger partial charge is 0.378 e. The molecule has 90 valence electrons. The highest BCUT2D eigenvalue weighted by Crippen LogP contribution is 2.16. The summed E-state index contributed by atoms with van der Waals surface area (Å²) >= 11 is 1.65. The Labute approximate surface area is 101 Å². The highest BCUT2D eigenvalue weighted by atomic mass is 32.1. The molecule has 0 aliphatic carbocycles. The Hall–Kier alpha value is -0.450. The molecule has 16 heavy (non-hydrogen) atoms. The molecule has 3 nitrogen and oxygen atoms in total. The molecule has 1 fully saturated rings. The average Bonchev–Trinajstić information content (AvgIpc) is 2.83. The molecular formula is C12H20N2OS. The van der Waals surface area contributed by atoms with E-state index in [0.29, 0.717) is 6.10 Å². The van der Waals surface area contributed by atoms with Crippen LogP contribution in [0.4, 0.5) is 0 Å². The van der Waals surface area contributed by atoms with Crippen LogP contribution in [0.1, 0.15) is 37.8 Å². The number of hydrogen-bond acceptors (Lipinski definition) is 4. The van der Waals surface area contributed by atoms with Crippen LogP contribution in [0.15, 0.2) is 10.9 Å².